The number of nitrogens with zero attached hydrogens (tertiary/aromatic N) is 3. The van der Waals surface area contributed by atoms with Crippen molar-refractivity contribution in [2.24, 2.45) is 11.7 Å². The molecule has 2 aliphatic rings. The average molecular weight is 435 g/mol. The van der Waals surface area contributed by atoms with Gasteiger partial charge < -0.3 is 15.5 Å². The minimum absolute atomic E-state index is 0.164. The number of amides is 2. The fraction of sp³-hybridized carbons (Fsp3) is 0.500. The van der Waals surface area contributed by atoms with Gasteiger partial charge in [-0.15, -0.1) is 0 Å². The molecule has 4 rings (SSSR count). The van der Waals surface area contributed by atoms with Crippen molar-refractivity contribution in [3.05, 3.63) is 53.9 Å². The van der Waals surface area contributed by atoms with E-state index in [4.69, 9.17) is 10.7 Å². The molecule has 0 spiro atoms. The van der Waals surface area contributed by atoms with Crippen molar-refractivity contribution in [3.8, 4) is 11.1 Å². The zero-order chi connectivity index (χ0) is 22.7. The molecule has 1 atom stereocenters. The molecule has 0 bridgehead atoms. The lowest BCUT2D eigenvalue weighted by atomic mass is 9.90. The fourth-order valence-corrected chi connectivity index (χ4v) is 5.01. The molecule has 1 aromatic heterocycles. The normalized spacial score (nSPS) is 20.5. The smallest absolute Gasteiger partial charge is 0.248 e. The van der Waals surface area contributed by atoms with Crippen LogP contribution >= 0.6 is 0 Å². The van der Waals surface area contributed by atoms with Gasteiger partial charge in [0.05, 0.1) is 0 Å². The van der Waals surface area contributed by atoms with Crippen molar-refractivity contribution in [3.63, 3.8) is 0 Å². The SMILES string of the molecule is CC(C)N1CCC(C(=O)N2CCC[C@H](c3ccc(-c4cccc(C(N)=O)c4)cn3)C2)CC1. The number of hydrogen-bond donors (Lipinski definition) is 1. The van der Waals surface area contributed by atoms with Crippen molar-refractivity contribution >= 4 is 11.8 Å². The summed E-state index contributed by atoms with van der Waals surface area (Å²) in [7, 11) is 0. The van der Waals surface area contributed by atoms with Crippen LogP contribution < -0.4 is 5.73 Å². The van der Waals surface area contributed by atoms with E-state index in [2.05, 4.69) is 29.7 Å². The van der Waals surface area contributed by atoms with E-state index in [0.717, 1.165) is 68.7 Å². The standard InChI is InChI=1S/C26H34N4O2/c1-18(2)29-13-10-19(11-14-29)26(32)30-12-4-7-23(17-30)24-9-8-22(16-28-24)20-5-3-6-21(15-20)25(27)31/h3,5-6,8-9,15-16,18-19,23H,4,7,10-14,17H2,1-2H3,(H2,27,31)/t23-/m0/s1. The van der Waals surface area contributed by atoms with Crippen molar-refractivity contribution < 1.29 is 9.59 Å². The number of likely N-dealkylation sites (tertiary alicyclic amines) is 2. The molecule has 2 saturated heterocycles. The van der Waals surface area contributed by atoms with Crippen LogP contribution in [0.15, 0.2) is 42.6 Å². The minimum atomic E-state index is -0.432. The fourth-order valence-electron chi connectivity index (χ4n) is 5.01. The first-order valence-electron chi connectivity index (χ1n) is 11.8. The summed E-state index contributed by atoms with van der Waals surface area (Å²) in [5.41, 5.74) is 8.81. The van der Waals surface area contributed by atoms with Crippen LogP contribution in [0.1, 0.15) is 61.5 Å². The van der Waals surface area contributed by atoms with Gasteiger partial charge in [0.1, 0.15) is 0 Å². The van der Waals surface area contributed by atoms with Gasteiger partial charge >= 0.3 is 0 Å². The maximum Gasteiger partial charge on any atom is 0.248 e. The molecule has 2 fully saturated rings. The second-order valence-corrected chi connectivity index (χ2v) is 9.44. The highest BCUT2D eigenvalue weighted by atomic mass is 16.2. The topological polar surface area (TPSA) is 79.5 Å². The molecule has 2 N–H and O–H groups in total. The third-order valence-corrected chi connectivity index (χ3v) is 7.03. The van der Waals surface area contributed by atoms with Crippen LogP contribution in [-0.4, -0.2) is 58.8 Å². The summed E-state index contributed by atoms with van der Waals surface area (Å²) in [6, 6.07) is 12.0. The first-order chi connectivity index (χ1) is 15.4. The van der Waals surface area contributed by atoms with Gasteiger partial charge in [-0.05, 0) is 76.4 Å². The molecule has 0 radical (unpaired) electrons. The Labute approximate surface area is 190 Å². The third-order valence-electron chi connectivity index (χ3n) is 7.03. The van der Waals surface area contributed by atoms with Crippen LogP contribution in [-0.2, 0) is 4.79 Å². The van der Waals surface area contributed by atoms with E-state index in [1.807, 2.05) is 24.4 Å². The summed E-state index contributed by atoms with van der Waals surface area (Å²) in [5.74, 6) is 0.336. The number of benzene rings is 1. The van der Waals surface area contributed by atoms with Gasteiger partial charge in [-0.25, -0.2) is 0 Å². The van der Waals surface area contributed by atoms with Crippen LogP contribution in [0.5, 0.6) is 0 Å². The Morgan fingerprint density at radius 1 is 1.03 bits per heavy atom. The second-order valence-electron chi connectivity index (χ2n) is 9.44. The van der Waals surface area contributed by atoms with E-state index < -0.39 is 5.91 Å². The summed E-state index contributed by atoms with van der Waals surface area (Å²) >= 11 is 0. The maximum atomic E-state index is 13.2. The lowest BCUT2D eigenvalue weighted by molar-refractivity contribution is -0.138. The molecule has 0 saturated carbocycles. The Hall–Kier alpha value is -2.73. The van der Waals surface area contributed by atoms with E-state index in [1.165, 1.54) is 0 Å². The number of pyridine rings is 1. The van der Waals surface area contributed by atoms with Gasteiger partial charge in [0, 0.05) is 54.0 Å². The highest BCUT2D eigenvalue weighted by molar-refractivity contribution is 5.94. The molecule has 6 heteroatoms. The summed E-state index contributed by atoms with van der Waals surface area (Å²) in [4.78, 5) is 33.9. The Bertz CT molecular complexity index is 949. The largest absolute Gasteiger partial charge is 0.366 e. The number of piperidine rings is 2. The summed E-state index contributed by atoms with van der Waals surface area (Å²) in [6.45, 7) is 8.11. The minimum Gasteiger partial charge on any atom is -0.366 e. The van der Waals surface area contributed by atoms with E-state index in [0.29, 0.717) is 17.5 Å². The van der Waals surface area contributed by atoms with Crippen LogP contribution in [0, 0.1) is 5.92 Å². The first-order valence-corrected chi connectivity index (χ1v) is 11.8. The van der Waals surface area contributed by atoms with Gasteiger partial charge in [-0.2, -0.15) is 0 Å². The number of primary amides is 1. The highest BCUT2D eigenvalue weighted by Crippen LogP contribution is 2.30. The van der Waals surface area contributed by atoms with Gasteiger partial charge in [0.15, 0.2) is 0 Å². The van der Waals surface area contributed by atoms with E-state index in [9.17, 15) is 9.59 Å². The Morgan fingerprint density at radius 2 is 1.81 bits per heavy atom. The van der Waals surface area contributed by atoms with Crippen molar-refractivity contribution in [2.75, 3.05) is 26.2 Å². The molecular weight excluding hydrogens is 400 g/mol. The second kappa shape index (κ2) is 9.82. The lowest BCUT2D eigenvalue weighted by Gasteiger charge is -2.38. The van der Waals surface area contributed by atoms with Crippen LogP contribution in [0.25, 0.3) is 11.1 Å². The molecule has 0 unspecified atom stereocenters. The zero-order valence-electron chi connectivity index (χ0n) is 19.2. The van der Waals surface area contributed by atoms with E-state index >= 15 is 0 Å². The Morgan fingerprint density at radius 3 is 2.47 bits per heavy atom. The molecular formula is C26H34N4O2. The number of nitrogens with two attached hydrogens (primary N) is 1. The Kier molecular flexibility index (Phi) is 6.89. The highest BCUT2D eigenvalue weighted by Gasteiger charge is 2.32. The summed E-state index contributed by atoms with van der Waals surface area (Å²) < 4.78 is 0. The van der Waals surface area contributed by atoms with Crippen LogP contribution in [0.2, 0.25) is 0 Å². The zero-order valence-corrected chi connectivity index (χ0v) is 19.2. The van der Waals surface area contributed by atoms with Gasteiger partial charge in [-0.1, -0.05) is 18.2 Å². The molecule has 6 nitrogen and oxygen atoms in total. The van der Waals surface area contributed by atoms with Crippen molar-refractivity contribution in [1.29, 1.82) is 0 Å². The molecule has 2 amide bonds. The molecule has 1 aromatic carbocycles. The molecule has 3 heterocycles. The third kappa shape index (κ3) is 5.01. The van der Waals surface area contributed by atoms with E-state index in [-0.39, 0.29) is 11.8 Å². The Balaban J connectivity index is 1.40. The number of hydrogen-bond acceptors (Lipinski definition) is 4. The molecule has 2 aromatic rings. The molecule has 0 aliphatic carbocycles. The van der Waals surface area contributed by atoms with Crippen LogP contribution in [0.3, 0.4) is 0 Å². The van der Waals surface area contributed by atoms with E-state index in [1.54, 1.807) is 12.1 Å². The maximum absolute atomic E-state index is 13.2. The summed E-state index contributed by atoms with van der Waals surface area (Å²) in [6.07, 6.45) is 5.87. The monoisotopic (exact) mass is 434 g/mol. The number of carbonyl (C=O) groups excluding carboxylic acids is 2. The number of aromatic nitrogens is 1. The van der Waals surface area contributed by atoms with Gasteiger partial charge in [-0.3, -0.25) is 14.6 Å². The molecule has 170 valence electrons. The van der Waals surface area contributed by atoms with Gasteiger partial charge in [0.25, 0.3) is 0 Å². The number of rotatable bonds is 5. The van der Waals surface area contributed by atoms with Crippen molar-refractivity contribution in [2.45, 2.75) is 51.5 Å². The average Bonchev–Trinajstić information content (AvgIpc) is 2.84. The first kappa shape index (κ1) is 22.5. The van der Waals surface area contributed by atoms with Crippen LogP contribution in [0.4, 0.5) is 0 Å². The predicted molar refractivity (Wildman–Crippen MR) is 126 cm³/mol. The lowest BCUT2D eigenvalue weighted by Crippen LogP contribution is -2.47. The van der Waals surface area contributed by atoms with Crippen molar-refractivity contribution in [1.82, 2.24) is 14.8 Å². The predicted octanol–water partition coefficient (Wildman–Crippen LogP) is 3.67. The molecule has 32 heavy (non-hydrogen) atoms. The molecule has 2 aliphatic heterocycles. The quantitative estimate of drug-likeness (QED) is 0.779. The van der Waals surface area contributed by atoms with Gasteiger partial charge in [0.2, 0.25) is 11.8 Å². The number of carbonyl (C=O) groups is 2. The summed E-state index contributed by atoms with van der Waals surface area (Å²) in [5, 5.41) is 0.